The molecule has 9 heteroatoms. The van der Waals surface area contributed by atoms with E-state index in [-0.39, 0.29) is 5.54 Å². The van der Waals surface area contributed by atoms with E-state index in [2.05, 4.69) is 52.1 Å². The van der Waals surface area contributed by atoms with Gasteiger partial charge in [-0.2, -0.15) is 4.98 Å². The number of nitrogens with one attached hydrogen (secondary N) is 3. The molecule has 0 atom stereocenters. The minimum Gasteiger partial charge on any atom is -0.365 e. The van der Waals surface area contributed by atoms with E-state index in [0.29, 0.717) is 29.2 Å². The average molecular weight is 561 g/mol. The van der Waals surface area contributed by atoms with Crippen LogP contribution in [0.25, 0.3) is 10.9 Å². The predicted molar refractivity (Wildman–Crippen MR) is 146 cm³/mol. The fourth-order valence-corrected chi connectivity index (χ4v) is 5.79. The monoisotopic (exact) mass is 559 g/mol. The molecule has 4 rings (SSSR count). The number of halogens is 1. The molecule has 1 fully saturated rings. The molecule has 0 aliphatic heterocycles. The molecule has 0 radical (unpaired) electrons. The maximum atomic E-state index is 12.6. The van der Waals surface area contributed by atoms with Gasteiger partial charge >= 0.3 is 0 Å². The van der Waals surface area contributed by atoms with Crippen LogP contribution in [0.2, 0.25) is 0 Å². The number of nitrogens with zero attached hydrogens (tertiary/aromatic N) is 2. The van der Waals surface area contributed by atoms with Crippen LogP contribution in [0.15, 0.2) is 57.9 Å². The van der Waals surface area contributed by atoms with Crippen molar-refractivity contribution in [2.75, 3.05) is 23.7 Å². The van der Waals surface area contributed by atoms with Crippen LogP contribution in [0.5, 0.6) is 0 Å². The van der Waals surface area contributed by atoms with Crippen molar-refractivity contribution < 1.29 is 8.42 Å². The Labute approximate surface area is 216 Å². The molecule has 0 unspecified atom stereocenters. The van der Waals surface area contributed by atoms with Crippen LogP contribution in [0.3, 0.4) is 0 Å². The van der Waals surface area contributed by atoms with Gasteiger partial charge < -0.3 is 10.6 Å². The Morgan fingerprint density at radius 2 is 1.54 bits per heavy atom. The fourth-order valence-electron chi connectivity index (χ4n) is 4.41. The molecule has 3 N–H and O–H groups in total. The summed E-state index contributed by atoms with van der Waals surface area (Å²) in [7, 11) is -3.48. The summed E-state index contributed by atoms with van der Waals surface area (Å²) in [6.07, 6.45) is 4.12. The molecule has 1 heterocycles. The second-order valence-electron chi connectivity index (χ2n) is 10.4. The highest BCUT2D eigenvalue weighted by atomic mass is 79.9. The zero-order valence-electron chi connectivity index (χ0n) is 20.5. The lowest BCUT2D eigenvalue weighted by Gasteiger charge is -2.29. The molecule has 1 aliphatic rings. The van der Waals surface area contributed by atoms with Gasteiger partial charge in [0.25, 0.3) is 0 Å². The van der Waals surface area contributed by atoms with Crippen LogP contribution >= 0.6 is 15.9 Å². The first-order chi connectivity index (χ1) is 16.6. The number of fused-ring (bicyclic) bond motifs is 1. The topological polar surface area (TPSA) is 96.0 Å². The van der Waals surface area contributed by atoms with Crippen LogP contribution in [0, 0.1) is 11.8 Å². The molecule has 1 aliphatic carbocycles. The number of benzene rings is 2. The Morgan fingerprint density at radius 3 is 2.20 bits per heavy atom. The molecule has 35 heavy (non-hydrogen) atoms. The molecule has 0 amide bonds. The number of rotatable bonds is 8. The van der Waals surface area contributed by atoms with Gasteiger partial charge in [-0.05, 0) is 94.7 Å². The molecule has 1 saturated carbocycles. The highest BCUT2D eigenvalue weighted by molar-refractivity contribution is 9.10. The summed E-state index contributed by atoms with van der Waals surface area (Å²) in [6, 6.07) is 14.8. The van der Waals surface area contributed by atoms with E-state index in [1.165, 1.54) is 0 Å². The van der Waals surface area contributed by atoms with E-state index >= 15 is 0 Å². The quantitative estimate of drug-likeness (QED) is 0.322. The van der Waals surface area contributed by atoms with Crippen molar-refractivity contribution in [3.05, 3.63) is 53.0 Å². The van der Waals surface area contributed by atoms with E-state index in [1.54, 1.807) is 24.3 Å². The van der Waals surface area contributed by atoms with Gasteiger partial charge in [-0.3, -0.25) is 0 Å². The van der Waals surface area contributed by atoms with Gasteiger partial charge in [0.05, 0.1) is 10.4 Å². The third-order valence-corrected chi connectivity index (χ3v) is 8.27. The summed E-state index contributed by atoms with van der Waals surface area (Å²) < 4.78 is 28.8. The van der Waals surface area contributed by atoms with Gasteiger partial charge in [-0.15, -0.1) is 0 Å². The van der Waals surface area contributed by atoms with Gasteiger partial charge in [0.1, 0.15) is 5.82 Å². The van der Waals surface area contributed by atoms with E-state index < -0.39 is 10.0 Å². The molecule has 7 nitrogen and oxygen atoms in total. The molecule has 3 aromatic rings. The van der Waals surface area contributed by atoms with Crippen molar-refractivity contribution in [1.82, 2.24) is 14.7 Å². The molecule has 0 spiro atoms. The van der Waals surface area contributed by atoms with E-state index in [1.807, 2.05) is 24.3 Å². The summed E-state index contributed by atoms with van der Waals surface area (Å²) in [5.41, 5.74) is 0.810. The third-order valence-electron chi connectivity index (χ3n) is 6.30. The first-order valence-corrected chi connectivity index (χ1v) is 14.4. The van der Waals surface area contributed by atoms with Gasteiger partial charge in [0.2, 0.25) is 16.0 Å². The first kappa shape index (κ1) is 25.9. The van der Waals surface area contributed by atoms with Crippen molar-refractivity contribution in [3.8, 4) is 0 Å². The molecule has 0 bridgehead atoms. The summed E-state index contributed by atoms with van der Waals surface area (Å²) in [5.74, 6) is 2.35. The number of hydrogen-bond donors (Lipinski definition) is 3. The fraction of sp³-hybridized carbons (Fsp3) is 0.462. The minimum absolute atomic E-state index is 0.106. The van der Waals surface area contributed by atoms with Gasteiger partial charge in [-0.25, -0.2) is 18.1 Å². The first-order valence-electron chi connectivity index (χ1n) is 12.1. The molecule has 188 valence electrons. The minimum atomic E-state index is -3.48. The predicted octanol–water partition coefficient (Wildman–Crippen LogP) is 5.80. The van der Waals surface area contributed by atoms with E-state index in [0.717, 1.165) is 53.4 Å². The third kappa shape index (κ3) is 7.15. The molecule has 0 saturated heterocycles. The van der Waals surface area contributed by atoms with Crippen LogP contribution in [-0.4, -0.2) is 37.0 Å². The smallest absolute Gasteiger partial charge is 0.240 e. The average Bonchev–Trinajstić information content (AvgIpc) is 2.81. The summed E-state index contributed by atoms with van der Waals surface area (Å²) >= 11 is 3.34. The SMILES string of the molecule is CC(C)(C)Nc1nc(NC[C@H]2CC[C@H](CNS(=O)(=O)c3ccc(Br)cc3)CC2)nc2ccccc12. The number of anilines is 2. The van der Waals surface area contributed by atoms with Crippen LogP contribution in [0.4, 0.5) is 11.8 Å². The van der Waals surface area contributed by atoms with Gasteiger partial charge in [-0.1, -0.05) is 28.1 Å². The summed E-state index contributed by atoms with van der Waals surface area (Å²) in [5, 5.41) is 7.96. The summed E-state index contributed by atoms with van der Waals surface area (Å²) in [6.45, 7) is 7.65. The Morgan fingerprint density at radius 1 is 0.914 bits per heavy atom. The maximum Gasteiger partial charge on any atom is 0.240 e. The van der Waals surface area contributed by atoms with Gasteiger partial charge in [0.15, 0.2) is 0 Å². The van der Waals surface area contributed by atoms with Crippen LogP contribution in [0.1, 0.15) is 46.5 Å². The van der Waals surface area contributed by atoms with Crippen molar-refractivity contribution >= 4 is 48.6 Å². The second-order valence-corrected chi connectivity index (χ2v) is 13.0. The summed E-state index contributed by atoms with van der Waals surface area (Å²) in [4.78, 5) is 9.78. The lowest BCUT2D eigenvalue weighted by molar-refractivity contribution is 0.284. The van der Waals surface area contributed by atoms with Gasteiger partial charge in [0, 0.05) is 28.5 Å². The highest BCUT2D eigenvalue weighted by Crippen LogP contribution is 2.30. The van der Waals surface area contributed by atoms with E-state index in [9.17, 15) is 8.42 Å². The molecular weight excluding hydrogens is 526 g/mol. The molecule has 1 aromatic heterocycles. The van der Waals surface area contributed by atoms with Crippen molar-refractivity contribution in [2.45, 2.75) is 56.9 Å². The Kier molecular flexibility index (Phi) is 7.98. The van der Waals surface area contributed by atoms with Crippen molar-refractivity contribution in [2.24, 2.45) is 11.8 Å². The Bertz CT molecular complexity index is 1250. The second kappa shape index (κ2) is 10.8. The normalized spacial score (nSPS) is 19.0. The zero-order chi connectivity index (χ0) is 25.1. The number of aromatic nitrogens is 2. The highest BCUT2D eigenvalue weighted by Gasteiger charge is 2.24. The lowest BCUT2D eigenvalue weighted by atomic mass is 9.82. The largest absolute Gasteiger partial charge is 0.365 e. The van der Waals surface area contributed by atoms with Crippen molar-refractivity contribution in [1.29, 1.82) is 0 Å². The van der Waals surface area contributed by atoms with Crippen LogP contribution < -0.4 is 15.4 Å². The van der Waals surface area contributed by atoms with Crippen LogP contribution in [-0.2, 0) is 10.0 Å². The molecule has 2 aromatic carbocycles. The van der Waals surface area contributed by atoms with E-state index in [4.69, 9.17) is 9.97 Å². The number of sulfonamides is 1. The maximum absolute atomic E-state index is 12.6. The molecular formula is C26H34BrN5O2S. The standard InChI is InChI=1S/C26H34BrN5O2S/c1-26(2,3)32-24-22-6-4-5-7-23(22)30-25(31-24)28-16-18-8-10-19(11-9-18)17-29-35(33,34)21-14-12-20(27)13-15-21/h4-7,12-15,18-19,29H,8-11,16-17H2,1-3H3,(H2,28,30,31,32)/t18-,19-. The lowest BCUT2D eigenvalue weighted by Crippen LogP contribution is -2.32. The zero-order valence-corrected chi connectivity index (χ0v) is 22.9. The number of hydrogen-bond acceptors (Lipinski definition) is 6. The Hall–Kier alpha value is -2.23. The Balaban J connectivity index is 1.30. The number of para-hydroxylation sites is 1. The van der Waals surface area contributed by atoms with Crippen molar-refractivity contribution in [3.63, 3.8) is 0 Å².